The van der Waals surface area contributed by atoms with Crippen molar-refractivity contribution in [3.8, 4) is 0 Å². The number of hydrogen-bond donors (Lipinski definition) is 1. The van der Waals surface area contributed by atoms with Crippen LogP contribution in [0.15, 0.2) is 16.5 Å². The van der Waals surface area contributed by atoms with Crippen molar-refractivity contribution < 1.29 is 9.15 Å². The third-order valence-electron chi connectivity index (χ3n) is 2.85. The van der Waals surface area contributed by atoms with Crippen molar-refractivity contribution in [3.05, 3.63) is 23.7 Å². The van der Waals surface area contributed by atoms with E-state index in [4.69, 9.17) is 9.15 Å². The normalized spacial score (nSPS) is 11.3. The van der Waals surface area contributed by atoms with E-state index < -0.39 is 0 Å². The van der Waals surface area contributed by atoms with E-state index in [1.165, 1.54) is 0 Å². The zero-order chi connectivity index (χ0) is 13.2. The highest BCUT2D eigenvalue weighted by molar-refractivity contribution is 5.07. The van der Waals surface area contributed by atoms with Crippen LogP contribution in [0.3, 0.4) is 0 Å². The summed E-state index contributed by atoms with van der Waals surface area (Å²) in [5.41, 5.74) is 0. The third kappa shape index (κ3) is 5.67. The first-order valence-electron chi connectivity index (χ1n) is 6.88. The Morgan fingerprint density at radius 2 is 2.00 bits per heavy atom. The van der Waals surface area contributed by atoms with Crippen molar-refractivity contribution in [2.75, 3.05) is 32.8 Å². The molecule has 0 saturated carbocycles. The molecule has 0 aliphatic carbocycles. The Morgan fingerprint density at radius 1 is 1.22 bits per heavy atom. The molecule has 0 fully saturated rings. The van der Waals surface area contributed by atoms with Gasteiger partial charge in [0.2, 0.25) is 0 Å². The van der Waals surface area contributed by atoms with Crippen LogP contribution < -0.4 is 5.32 Å². The number of nitrogens with zero attached hydrogens (tertiary/aromatic N) is 1. The first-order chi connectivity index (χ1) is 8.80. The number of likely N-dealkylation sites (N-methyl/N-ethyl adjacent to an activating group) is 1. The minimum atomic E-state index is 0.783. The topological polar surface area (TPSA) is 37.6 Å². The molecule has 0 unspecified atom stereocenters. The van der Waals surface area contributed by atoms with Crippen LogP contribution in [0, 0.1) is 0 Å². The minimum Gasteiger partial charge on any atom is -0.463 e. The standard InChI is InChI=1S/C14H26N2O2/c1-4-15-11-13-7-8-14(18-13)12-16(5-2)9-10-17-6-3/h7-8,15H,4-6,9-12H2,1-3H3. The molecular formula is C14H26N2O2. The number of ether oxygens (including phenoxy) is 1. The summed E-state index contributed by atoms with van der Waals surface area (Å²) in [6.45, 7) is 12.4. The summed E-state index contributed by atoms with van der Waals surface area (Å²) in [6.07, 6.45) is 0. The highest BCUT2D eigenvalue weighted by atomic mass is 16.5. The van der Waals surface area contributed by atoms with Gasteiger partial charge in [-0.2, -0.15) is 0 Å². The Kier molecular flexibility index (Phi) is 7.73. The molecule has 1 N–H and O–H groups in total. The van der Waals surface area contributed by atoms with Crippen molar-refractivity contribution in [1.82, 2.24) is 10.2 Å². The Balaban J connectivity index is 2.36. The molecule has 4 heteroatoms. The molecule has 0 saturated heterocycles. The van der Waals surface area contributed by atoms with E-state index in [9.17, 15) is 0 Å². The zero-order valence-electron chi connectivity index (χ0n) is 11.9. The van der Waals surface area contributed by atoms with Crippen molar-refractivity contribution in [1.29, 1.82) is 0 Å². The van der Waals surface area contributed by atoms with E-state index in [2.05, 4.69) is 30.1 Å². The molecule has 0 spiro atoms. The van der Waals surface area contributed by atoms with Crippen molar-refractivity contribution in [3.63, 3.8) is 0 Å². The molecule has 4 nitrogen and oxygen atoms in total. The molecule has 1 aromatic heterocycles. The van der Waals surface area contributed by atoms with Crippen molar-refractivity contribution in [2.45, 2.75) is 33.9 Å². The second-order valence-electron chi connectivity index (χ2n) is 4.21. The van der Waals surface area contributed by atoms with Gasteiger partial charge in [0.1, 0.15) is 11.5 Å². The largest absolute Gasteiger partial charge is 0.463 e. The fourth-order valence-electron chi connectivity index (χ4n) is 1.76. The fraction of sp³-hybridized carbons (Fsp3) is 0.714. The van der Waals surface area contributed by atoms with E-state index in [-0.39, 0.29) is 0 Å². The summed E-state index contributed by atoms with van der Waals surface area (Å²) in [7, 11) is 0. The molecule has 0 aliphatic heterocycles. The first kappa shape index (κ1) is 15.2. The van der Waals surface area contributed by atoms with E-state index in [1.807, 2.05) is 13.0 Å². The summed E-state index contributed by atoms with van der Waals surface area (Å²) in [5, 5.41) is 3.26. The van der Waals surface area contributed by atoms with Crippen LogP contribution in [0.2, 0.25) is 0 Å². The van der Waals surface area contributed by atoms with Crippen molar-refractivity contribution >= 4 is 0 Å². The predicted octanol–water partition coefficient (Wildman–Crippen LogP) is 2.25. The van der Waals surface area contributed by atoms with Gasteiger partial charge in [-0.25, -0.2) is 0 Å². The van der Waals surface area contributed by atoms with Crippen LogP contribution in [0.4, 0.5) is 0 Å². The SMILES string of the molecule is CCNCc1ccc(CN(CC)CCOCC)o1. The zero-order valence-corrected chi connectivity index (χ0v) is 11.9. The lowest BCUT2D eigenvalue weighted by atomic mass is 10.3. The van der Waals surface area contributed by atoms with Gasteiger partial charge in [-0.05, 0) is 32.1 Å². The molecular weight excluding hydrogens is 228 g/mol. The second-order valence-corrected chi connectivity index (χ2v) is 4.21. The van der Waals surface area contributed by atoms with Gasteiger partial charge in [0.05, 0.1) is 19.7 Å². The van der Waals surface area contributed by atoms with Gasteiger partial charge in [0.25, 0.3) is 0 Å². The number of rotatable bonds is 10. The fourth-order valence-corrected chi connectivity index (χ4v) is 1.76. The first-order valence-corrected chi connectivity index (χ1v) is 6.88. The molecule has 1 aromatic rings. The molecule has 0 aliphatic rings. The van der Waals surface area contributed by atoms with Crippen LogP contribution in [-0.4, -0.2) is 37.7 Å². The number of nitrogens with one attached hydrogen (secondary N) is 1. The Morgan fingerprint density at radius 3 is 2.67 bits per heavy atom. The van der Waals surface area contributed by atoms with Gasteiger partial charge < -0.3 is 14.5 Å². The monoisotopic (exact) mass is 254 g/mol. The maximum atomic E-state index is 5.78. The summed E-state index contributed by atoms with van der Waals surface area (Å²) in [4.78, 5) is 2.32. The Hall–Kier alpha value is -0.840. The lowest BCUT2D eigenvalue weighted by molar-refractivity contribution is 0.110. The average Bonchev–Trinajstić information content (AvgIpc) is 2.83. The van der Waals surface area contributed by atoms with Crippen LogP contribution in [0.25, 0.3) is 0 Å². The smallest absolute Gasteiger partial charge is 0.118 e. The van der Waals surface area contributed by atoms with Crippen LogP contribution in [-0.2, 0) is 17.8 Å². The minimum absolute atomic E-state index is 0.783. The summed E-state index contributed by atoms with van der Waals surface area (Å²) < 4.78 is 11.2. The lowest BCUT2D eigenvalue weighted by Gasteiger charge is -2.18. The molecule has 0 amide bonds. The van der Waals surface area contributed by atoms with Crippen LogP contribution >= 0.6 is 0 Å². The van der Waals surface area contributed by atoms with E-state index in [1.54, 1.807) is 0 Å². The van der Waals surface area contributed by atoms with Crippen LogP contribution in [0.5, 0.6) is 0 Å². The van der Waals surface area contributed by atoms with Gasteiger partial charge in [-0.15, -0.1) is 0 Å². The van der Waals surface area contributed by atoms with E-state index in [0.717, 1.165) is 57.5 Å². The highest BCUT2D eigenvalue weighted by Crippen LogP contribution is 2.10. The van der Waals surface area contributed by atoms with Crippen LogP contribution in [0.1, 0.15) is 32.3 Å². The van der Waals surface area contributed by atoms with E-state index >= 15 is 0 Å². The second kappa shape index (κ2) is 9.14. The maximum absolute atomic E-state index is 5.78. The number of furan rings is 1. The number of hydrogen-bond acceptors (Lipinski definition) is 4. The Labute approximate surface area is 110 Å². The summed E-state index contributed by atoms with van der Waals surface area (Å²) in [5.74, 6) is 2.04. The molecule has 0 atom stereocenters. The molecule has 0 bridgehead atoms. The highest BCUT2D eigenvalue weighted by Gasteiger charge is 2.07. The molecule has 0 radical (unpaired) electrons. The molecule has 104 valence electrons. The Bertz CT molecular complexity index is 312. The maximum Gasteiger partial charge on any atom is 0.118 e. The van der Waals surface area contributed by atoms with Gasteiger partial charge in [-0.3, -0.25) is 4.90 Å². The molecule has 1 heterocycles. The molecule has 0 aromatic carbocycles. The lowest BCUT2D eigenvalue weighted by Crippen LogP contribution is -2.26. The average molecular weight is 254 g/mol. The predicted molar refractivity (Wildman–Crippen MR) is 73.5 cm³/mol. The molecule has 1 rings (SSSR count). The third-order valence-corrected chi connectivity index (χ3v) is 2.85. The van der Waals surface area contributed by atoms with Gasteiger partial charge in [-0.1, -0.05) is 13.8 Å². The summed E-state index contributed by atoms with van der Waals surface area (Å²) >= 11 is 0. The van der Waals surface area contributed by atoms with Crippen molar-refractivity contribution in [2.24, 2.45) is 0 Å². The van der Waals surface area contributed by atoms with Gasteiger partial charge in [0.15, 0.2) is 0 Å². The summed E-state index contributed by atoms with van der Waals surface area (Å²) in [6, 6.07) is 4.12. The van der Waals surface area contributed by atoms with Gasteiger partial charge in [0, 0.05) is 13.2 Å². The molecule has 18 heavy (non-hydrogen) atoms. The quantitative estimate of drug-likeness (QED) is 0.650. The van der Waals surface area contributed by atoms with E-state index in [0.29, 0.717) is 0 Å². The van der Waals surface area contributed by atoms with Gasteiger partial charge >= 0.3 is 0 Å².